The van der Waals surface area contributed by atoms with Crippen molar-refractivity contribution in [2.45, 2.75) is 39.2 Å². The van der Waals surface area contributed by atoms with Gasteiger partial charge in [0.1, 0.15) is 0 Å². The van der Waals surface area contributed by atoms with Crippen molar-refractivity contribution in [1.82, 2.24) is 0 Å². The Balaban J connectivity index is 2.28. The average molecular weight is 299 g/mol. The standard InChI is InChI=1S/C14H19BrO2/c1-3-11(2)17-10-4-5-14(16)12-6-8-13(15)9-7-12/h6-9,11H,3-5,10H2,1-2H3. The lowest BCUT2D eigenvalue weighted by molar-refractivity contribution is 0.0593. The minimum Gasteiger partial charge on any atom is -0.379 e. The zero-order valence-corrected chi connectivity index (χ0v) is 12.0. The molecular formula is C14H19BrO2. The van der Waals surface area contributed by atoms with E-state index < -0.39 is 0 Å². The number of hydrogen-bond donors (Lipinski definition) is 0. The van der Waals surface area contributed by atoms with Crippen LogP contribution in [0.2, 0.25) is 0 Å². The van der Waals surface area contributed by atoms with Gasteiger partial charge in [-0.2, -0.15) is 0 Å². The molecule has 1 unspecified atom stereocenters. The van der Waals surface area contributed by atoms with Crippen LogP contribution in [0.15, 0.2) is 28.7 Å². The van der Waals surface area contributed by atoms with Crippen LogP contribution in [0.3, 0.4) is 0 Å². The quantitative estimate of drug-likeness (QED) is 0.556. The van der Waals surface area contributed by atoms with Crippen molar-refractivity contribution >= 4 is 21.7 Å². The molecule has 3 heteroatoms. The Hall–Kier alpha value is -0.670. The Morgan fingerprint density at radius 1 is 1.35 bits per heavy atom. The van der Waals surface area contributed by atoms with Gasteiger partial charge in [0.15, 0.2) is 5.78 Å². The van der Waals surface area contributed by atoms with Crippen LogP contribution in [0, 0.1) is 0 Å². The fraction of sp³-hybridized carbons (Fsp3) is 0.500. The molecule has 0 N–H and O–H groups in total. The summed E-state index contributed by atoms with van der Waals surface area (Å²) >= 11 is 3.35. The number of Topliss-reactive ketones (excluding diaryl/α,β-unsaturated/α-hetero) is 1. The molecule has 0 aromatic heterocycles. The Bertz CT molecular complexity index is 346. The fourth-order valence-electron chi connectivity index (χ4n) is 1.42. The fourth-order valence-corrected chi connectivity index (χ4v) is 1.68. The van der Waals surface area contributed by atoms with Crippen molar-refractivity contribution in [2.24, 2.45) is 0 Å². The number of halogens is 1. The van der Waals surface area contributed by atoms with E-state index in [9.17, 15) is 4.79 Å². The van der Waals surface area contributed by atoms with E-state index >= 15 is 0 Å². The van der Waals surface area contributed by atoms with Crippen molar-refractivity contribution in [3.05, 3.63) is 34.3 Å². The number of hydrogen-bond acceptors (Lipinski definition) is 2. The molecule has 0 aliphatic rings. The van der Waals surface area contributed by atoms with Crippen molar-refractivity contribution in [3.8, 4) is 0 Å². The van der Waals surface area contributed by atoms with E-state index in [4.69, 9.17) is 4.74 Å². The van der Waals surface area contributed by atoms with Gasteiger partial charge < -0.3 is 4.74 Å². The summed E-state index contributed by atoms with van der Waals surface area (Å²) < 4.78 is 6.53. The van der Waals surface area contributed by atoms with Crippen LogP contribution >= 0.6 is 15.9 Å². The first-order chi connectivity index (χ1) is 8.13. The molecule has 17 heavy (non-hydrogen) atoms. The summed E-state index contributed by atoms with van der Waals surface area (Å²) in [7, 11) is 0. The number of carbonyl (C=O) groups excluding carboxylic acids is 1. The molecule has 0 aliphatic heterocycles. The predicted molar refractivity (Wildman–Crippen MR) is 73.4 cm³/mol. The number of ketones is 1. The van der Waals surface area contributed by atoms with E-state index in [1.807, 2.05) is 24.3 Å². The summed E-state index contributed by atoms with van der Waals surface area (Å²) in [5, 5.41) is 0. The molecule has 0 fully saturated rings. The molecule has 1 rings (SSSR count). The van der Waals surface area contributed by atoms with Gasteiger partial charge in [-0.1, -0.05) is 35.0 Å². The van der Waals surface area contributed by atoms with Crippen LogP contribution in [0.4, 0.5) is 0 Å². The number of rotatable bonds is 7. The molecule has 1 aromatic carbocycles. The maximum Gasteiger partial charge on any atom is 0.162 e. The third-order valence-electron chi connectivity index (χ3n) is 2.69. The third kappa shape index (κ3) is 5.46. The van der Waals surface area contributed by atoms with Crippen LogP contribution in [-0.4, -0.2) is 18.5 Å². The second-order valence-electron chi connectivity index (χ2n) is 4.12. The highest BCUT2D eigenvalue weighted by atomic mass is 79.9. The summed E-state index contributed by atoms with van der Waals surface area (Å²) in [5.74, 6) is 0.185. The number of carbonyl (C=O) groups is 1. The maximum absolute atomic E-state index is 11.8. The smallest absolute Gasteiger partial charge is 0.162 e. The van der Waals surface area contributed by atoms with E-state index in [0.29, 0.717) is 13.0 Å². The zero-order valence-electron chi connectivity index (χ0n) is 10.4. The average Bonchev–Trinajstić information content (AvgIpc) is 2.34. The Morgan fingerprint density at radius 2 is 2.00 bits per heavy atom. The van der Waals surface area contributed by atoms with Gasteiger partial charge in [0.05, 0.1) is 6.10 Å². The van der Waals surface area contributed by atoms with Crippen LogP contribution in [0.5, 0.6) is 0 Å². The van der Waals surface area contributed by atoms with Crippen LogP contribution in [0.1, 0.15) is 43.5 Å². The highest BCUT2D eigenvalue weighted by Crippen LogP contribution is 2.12. The molecule has 2 nitrogen and oxygen atoms in total. The molecular weight excluding hydrogens is 280 g/mol. The van der Waals surface area contributed by atoms with Crippen molar-refractivity contribution in [1.29, 1.82) is 0 Å². The SMILES string of the molecule is CCC(C)OCCCC(=O)c1ccc(Br)cc1. The lowest BCUT2D eigenvalue weighted by Gasteiger charge is -2.09. The van der Waals surface area contributed by atoms with E-state index in [0.717, 1.165) is 22.9 Å². The zero-order chi connectivity index (χ0) is 12.7. The lowest BCUT2D eigenvalue weighted by Crippen LogP contribution is -2.09. The molecule has 1 atom stereocenters. The Morgan fingerprint density at radius 3 is 2.59 bits per heavy atom. The normalized spacial score (nSPS) is 12.4. The second-order valence-corrected chi connectivity index (χ2v) is 5.04. The first-order valence-corrected chi connectivity index (χ1v) is 6.83. The number of ether oxygens (including phenoxy) is 1. The molecule has 0 aliphatic carbocycles. The summed E-state index contributed by atoms with van der Waals surface area (Å²) in [6, 6.07) is 7.48. The van der Waals surface area contributed by atoms with Crippen molar-refractivity contribution in [2.75, 3.05) is 6.61 Å². The minimum atomic E-state index is 0.185. The largest absolute Gasteiger partial charge is 0.379 e. The Kier molecular flexibility index (Phi) is 6.45. The molecule has 1 aromatic rings. The summed E-state index contributed by atoms with van der Waals surface area (Å²) in [4.78, 5) is 11.8. The van der Waals surface area contributed by atoms with Gasteiger partial charge in [-0.3, -0.25) is 4.79 Å². The first kappa shape index (κ1) is 14.4. The van der Waals surface area contributed by atoms with Crippen LogP contribution in [0.25, 0.3) is 0 Å². The van der Waals surface area contributed by atoms with Gasteiger partial charge in [-0.15, -0.1) is 0 Å². The summed E-state index contributed by atoms with van der Waals surface area (Å²) in [6.07, 6.45) is 2.65. The van der Waals surface area contributed by atoms with E-state index in [1.54, 1.807) is 0 Å². The maximum atomic E-state index is 11.8. The number of benzene rings is 1. The highest BCUT2D eigenvalue weighted by molar-refractivity contribution is 9.10. The van der Waals surface area contributed by atoms with Gasteiger partial charge in [0.25, 0.3) is 0 Å². The predicted octanol–water partition coefficient (Wildman–Crippen LogP) is 4.23. The first-order valence-electron chi connectivity index (χ1n) is 6.04. The van der Waals surface area contributed by atoms with Crippen LogP contribution in [-0.2, 0) is 4.74 Å². The van der Waals surface area contributed by atoms with E-state index in [2.05, 4.69) is 29.8 Å². The molecule has 0 bridgehead atoms. The molecule has 0 saturated carbocycles. The molecule has 0 saturated heterocycles. The topological polar surface area (TPSA) is 26.3 Å². The van der Waals surface area contributed by atoms with Crippen LogP contribution < -0.4 is 0 Å². The lowest BCUT2D eigenvalue weighted by atomic mass is 10.1. The molecule has 0 heterocycles. The molecule has 0 radical (unpaired) electrons. The third-order valence-corrected chi connectivity index (χ3v) is 3.22. The second kappa shape index (κ2) is 7.62. The van der Waals surface area contributed by atoms with Gasteiger partial charge in [0, 0.05) is 23.1 Å². The van der Waals surface area contributed by atoms with Crippen molar-refractivity contribution < 1.29 is 9.53 Å². The van der Waals surface area contributed by atoms with Gasteiger partial charge in [-0.05, 0) is 31.9 Å². The highest BCUT2D eigenvalue weighted by Gasteiger charge is 2.05. The molecule has 94 valence electrons. The van der Waals surface area contributed by atoms with E-state index in [-0.39, 0.29) is 11.9 Å². The molecule has 0 amide bonds. The van der Waals surface area contributed by atoms with Gasteiger partial charge >= 0.3 is 0 Å². The molecule has 0 spiro atoms. The monoisotopic (exact) mass is 298 g/mol. The van der Waals surface area contributed by atoms with Crippen molar-refractivity contribution in [3.63, 3.8) is 0 Å². The minimum absolute atomic E-state index is 0.185. The summed E-state index contributed by atoms with van der Waals surface area (Å²) in [5.41, 5.74) is 0.775. The van der Waals surface area contributed by atoms with E-state index in [1.165, 1.54) is 0 Å². The van der Waals surface area contributed by atoms with Gasteiger partial charge in [-0.25, -0.2) is 0 Å². The summed E-state index contributed by atoms with van der Waals surface area (Å²) in [6.45, 7) is 4.81. The van der Waals surface area contributed by atoms with Gasteiger partial charge in [0.2, 0.25) is 0 Å². The Labute approximate surface area is 111 Å².